The van der Waals surface area contributed by atoms with E-state index in [1.165, 1.54) is 0 Å². The minimum absolute atomic E-state index is 0.0806. The summed E-state index contributed by atoms with van der Waals surface area (Å²) in [5.41, 5.74) is 0.338. The second-order valence-corrected chi connectivity index (χ2v) is 4.82. The predicted octanol–water partition coefficient (Wildman–Crippen LogP) is 2.66. The highest BCUT2D eigenvalue weighted by Crippen LogP contribution is 2.12. The molecule has 19 heavy (non-hydrogen) atoms. The molecule has 1 N–H and O–H groups in total. The summed E-state index contributed by atoms with van der Waals surface area (Å²) < 4.78 is 10.1. The van der Waals surface area contributed by atoms with E-state index < -0.39 is 12.1 Å². The highest BCUT2D eigenvalue weighted by atomic mass is 16.6. The average molecular weight is 271 g/mol. The van der Waals surface area contributed by atoms with Gasteiger partial charge in [-0.05, 0) is 19.3 Å². The van der Waals surface area contributed by atoms with Gasteiger partial charge in [-0.25, -0.2) is 9.59 Å². The van der Waals surface area contributed by atoms with Gasteiger partial charge in [0, 0.05) is 5.57 Å². The Morgan fingerprint density at radius 1 is 1.32 bits per heavy atom. The van der Waals surface area contributed by atoms with Crippen LogP contribution in [0.25, 0.3) is 0 Å². The molecule has 1 amide bonds. The zero-order valence-corrected chi connectivity index (χ0v) is 12.3. The Labute approximate surface area is 115 Å². The summed E-state index contributed by atoms with van der Waals surface area (Å²) in [5, 5.41) is 2.55. The Hall–Kier alpha value is -1.52. The molecule has 0 aliphatic heterocycles. The summed E-state index contributed by atoms with van der Waals surface area (Å²) >= 11 is 0. The molecule has 0 heterocycles. The molecule has 0 bridgehead atoms. The van der Waals surface area contributed by atoms with Crippen molar-refractivity contribution >= 4 is 12.1 Å². The van der Waals surface area contributed by atoms with Crippen molar-refractivity contribution < 1.29 is 19.1 Å². The van der Waals surface area contributed by atoms with E-state index in [2.05, 4.69) is 11.9 Å². The molecule has 0 radical (unpaired) electrons. The zero-order chi connectivity index (χ0) is 14.8. The SMILES string of the molecule is C=C(C)C(=O)OCCNC(=O)OC(CCC)C(C)C. The van der Waals surface area contributed by atoms with Gasteiger partial charge in [0.05, 0.1) is 6.54 Å². The third-order valence-electron chi connectivity index (χ3n) is 2.53. The van der Waals surface area contributed by atoms with Crippen LogP contribution in [0.1, 0.15) is 40.5 Å². The van der Waals surface area contributed by atoms with Crippen molar-refractivity contribution in [3.8, 4) is 0 Å². The molecule has 0 aliphatic rings. The van der Waals surface area contributed by atoms with Gasteiger partial charge in [-0.2, -0.15) is 0 Å². The lowest BCUT2D eigenvalue weighted by Crippen LogP contribution is -2.33. The van der Waals surface area contributed by atoms with Crippen molar-refractivity contribution in [1.29, 1.82) is 0 Å². The minimum Gasteiger partial charge on any atom is -0.460 e. The quantitative estimate of drug-likeness (QED) is 0.419. The molecule has 0 aromatic rings. The van der Waals surface area contributed by atoms with E-state index in [0.717, 1.165) is 12.8 Å². The van der Waals surface area contributed by atoms with Crippen molar-refractivity contribution in [2.75, 3.05) is 13.2 Å². The highest BCUT2D eigenvalue weighted by molar-refractivity contribution is 5.86. The van der Waals surface area contributed by atoms with Gasteiger partial charge < -0.3 is 14.8 Å². The molecule has 0 aromatic carbocycles. The summed E-state index contributed by atoms with van der Waals surface area (Å²) in [4.78, 5) is 22.6. The molecule has 0 aliphatic carbocycles. The first-order valence-electron chi connectivity index (χ1n) is 6.65. The summed E-state index contributed by atoms with van der Waals surface area (Å²) in [7, 11) is 0. The fraction of sp³-hybridized carbons (Fsp3) is 0.714. The molecule has 5 heteroatoms. The number of carbonyl (C=O) groups is 2. The van der Waals surface area contributed by atoms with Crippen molar-refractivity contribution in [1.82, 2.24) is 5.32 Å². The standard InChI is InChI=1S/C14H25NO4/c1-6-7-12(10(2)3)19-14(17)15-8-9-18-13(16)11(4)5/h10,12H,4,6-9H2,1-3,5H3,(H,15,17). The van der Waals surface area contributed by atoms with E-state index >= 15 is 0 Å². The number of amides is 1. The van der Waals surface area contributed by atoms with Gasteiger partial charge >= 0.3 is 12.1 Å². The van der Waals surface area contributed by atoms with Crippen LogP contribution in [0.5, 0.6) is 0 Å². The Kier molecular flexibility index (Phi) is 8.66. The van der Waals surface area contributed by atoms with Crippen LogP contribution in [-0.2, 0) is 14.3 Å². The van der Waals surface area contributed by atoms with Crippen molar-refractivity contribution in [2.45, 2.75) is 46.6 Å². The summed E-state index contributed by atoms with van der Waals surface area (Å²) in [6.07, 6.45) is 1.25. The van der Waals surface area contributed by atoms with Crippen LogP contribution in [0.3, 0.4) is 0 Å². The Morgan fingerprint density at radius 3 is 2.42 bits per heavy atom. The van der Waals surface area contributed by atoms with E-state index in [4.69, 9.17) is 9.47 Å². The lowest BCUT2D eigenvalue weighted by molar-refractivity contribution is -0.138. The maximum absolute atomic E-state index is 11.5. The molecular weight excluding hydrogens is 246 g/mol. The van der Waals surface area contributed by atoms with E-state index in [-0.39, 0.29) is 25.2 Å². The van der Waals surface area contributed by atoms with Crippen LogP contribution >= 0.6 is 0 Å². The molecule has 0 aromatic heterocycles. The number of hydrogen-bond donors (Lipinski definition) is 1. The normalized spacial score (nSPS) is 11.8. The van der Waals surface area contributed by atoms with E-state index in [0.29, 0.717) is 5.57 Å². The highest BCUT2D eigenvalue weighted by Gasteiger charge is 2.17. The Morgan fingerprint density at radius 2 is 1.95 bits per heavy atom. The summed E-state index contributed by atoms with van der Waals surface area (Å²) in [5.74, 6) is -0.173. The second kappa shape index (κ2) is 9.42. The van der Waals surface area contributed by atoms with E-state index in [1.54, 1.807) is 6.92 Å². The second-order valence-electron chi connectivity index (χ2n) is 4.82. The maximum atomic E-state index is 11.5. The molecule has 0 fully saturated rings. The van der Waals surface area contributed by atoms with Crippen LogP contribution in [0, 0.1) is 5.92 Å². The lowest BCUT2D eigenvalue weighted by atomic mass is 10.0. The fourth-order valence-electron chi connectivity index (χ4n) is 1.41. The number of hydrogen-bond acceptors (Lipinski definition) is 4. The van der Waals surface area contributed by atoms with Gasteiger partial charge in [0.1, 0.15) is 12.7 Å². The smallest absolute Gasteiger partial charge is 0.407 e. The number of rotatable bonds is 8. The molecule has 0 rings (SSSR count). The van der Waals surface area contributed by atoms with Gasteiger partial charge in [0.15, 0.2) is 0 Å². The van der Waals surface area contributed by atoms with Gasteiger partial charge in [-0.3, -0.25) is 0 Å². The number of nitrogens with one attached hydrogen (secondary N) is 1. The molecular formula is C14H25NO4. The third kappa shape index (κ3) is 8.24. The average Bonchev–Trinajstić information content (AvgIpc) is 2.33. The monoisotopic (exact) mass is 271 g/mol. The molecule has 110 valence electrons. The van der Waals surface area contributed by atoms with Crippen LogP contribution in [0.2, 0.25) is 0 Å². The first kappa shape index (κ1) is 17.5. The minimum atomic E-state index is -0.474. The lowest BCUT2D eigenvalue weighted by Gasteiger charge is -2.20. The molecule has 1 unspecified atom stereocenters. The largest absolute Gasteiger partial charge is 0.460 e. The first-order chi connectivity index (χ1) is 8.88. The Balaban J connectivity index is 3.85. The van der Waals surface area contributed by atoms with Crippen LogP contribution in [-0.4, -0.2) is 31.3 Å². The number of alkyl carbamates (subject to hydrolysis) is 1. The third-order valence-corrected chi connectivity index (χ3v) is 2.53. The number of carbonyl (C=O) groups excluding carboxylic acids is 2. The first-order valence-corrected chi connectivity index (χ1v) is 6.65. The van der Waals surface area contributed by atoms with Gasteiger partial charge in [0.25, 0.3) is 0 Å². The van der Waals surface area contributed by atoms with Crippen molar-refractivity contribution in [2.24, 2.45) is 5.92 Å². The Bertz CT molecular complexity index is 313. The molecule has 0 saturated carbocycles. The zero-order valence-electron chi connectivity index (χ0n) is 12.3. The van der Waals surface area contributed by atoms with Crippen LogP contribution < -0.4 is 5.32 Å². The number of esters is 1. The van der Waals surface area contributed by atoms with Crippen molar-refractivity contribution in [3.63, 3.8) is 0 Å². The van der Waals surface area contributed by atoms with Gasteiger partial charge in [-0.15, -0.1) is 0 Å². The maximum Gasteiger partial charge on any atom is 0.407 e. The van der Waals surface area contributed by atoms with E-state index in [1.807, 2.05) is 20.8 Å². The number of ether oxygens (including phenoxy) is 2. The van der Waals surface area contributed by atoms with E-state index in [9.17, 15) is 9.59 Å². The van der Waals surface area contributed by atoms with Crippen molar-refractivity contribution in [3.05, 3.63) is 12.2 Å². The molecule has 1 atom stereocenters. The van der Waals surface area contributed by atoms with Gasteiger partial charge in [-0.1, -0.05) is 33.8 Å². The van der Waals surface area contributed by atoms with Crippen LogP contribution in [0.15, 0.2) is 12.2 Å². The molecule has 5 nitrogen and oxygen atoms in total. The molecule has 0 saturated heterocycles. The molecule has 0 spiro atoms. The topological polar surface area (TPSA) is 64.6 Å². The summed E-state index contributed by atoms with van der Waals surface area (Å²) in [6.45, 7) is 11.5. The fourth-order valence-corrected chi connectivity index (χ4v) is 1.41. The van der Waals surface area contributed by atoms with Gasteiger partial charge in [0.2, 0.25) is 0 Å². The predicted molar refractivity (Wildman–Crippen MR) is 73.8 cm³/mol. The summed E-state index contributed by atoms with van der Waals surface area (Å²) in [6, 6.07) is 0. The van der Waals surface area contributed by atoms with Crippen LogP contribution in [0.4, 0.5) is 4.79 Å².